The third-order valence-electron chi connectivity index (χ3n) is 5.44. The van der Waals surface area contributed by atoms with Crippen molar-refractivity contribution in [3.05, 3.63) is 57.3 Å². The average Bonchev–Trinajstić information content (AvgIpc) is 3.07. The predicted molar refractivity (Wildman–Crippen MR) is 126 cm³/mol. The fourth-order valence-electron chi connectivity index (χ4n) is 3.86. The zero-order chi connectivity index (χ0) is 22.1. The van der Waals surface area contributed by atoms with Crippen LogP contribution in [0.25, 0.3) is 16.7 Å². The number of hydrogen-bond donors (Lipinski definition) is 0. The molecule has 0 unspecified atom stereocenters. The minimum Gasteiger partial charge on any atom is -0.489 e. The van der Waals surface area contributed by atoms with Gasteiger partial charge in [-0.25, -0.2) is 0 Å². The van der Waals surface area contributed by atoms with Crippen LogP contribution >= 0.6 is 23.4 Å². The van der Waals surface area contributed by atoms with E-state index in [0.717, 1.165) is 35.5 Å². The maximum absolute atomic E-state index is 13.1. The second-order valence-corrected chi connectivity index (χ2v) is 9.04. The molecule has 1 aliphatic rings. The molecule has 0 bridgehead atoms. The largest absolute Gasteiger partial charge is 0.489 e. The molecule has 0 N–H and O–H groups in total. The molecule has 5 rings (SSSR count). The van der Waals surface area contributed by atoms with Gasteiger partial charge in [0.2, 0.25) is 5.78 Å². The van der Waals surface area contributed by atoms with E-state index >= 15 is 0 Å². The Bertz CT molecular complexity index is 1350. The lowest BCUT2D eigenvalue weighted by Crippen LogP contribution is -2.23. The molecule has 3 heterocycles. The fourth-order valence-corrected chi connectivity index (χ4v) is 5.02. The molecular weight excluding hydrogens is 448 g/mol. The Balaban J connectivity index is 1.53. The van der Waals surface area contributed by atoms with Crippen LogP contribution in [0.3, 0.4) is 0 Å². The minimum atomic E-state index is -0.0276. The van der Waals surface area contributed by atoms with E-state index in [9.17, 15) is 4.79 Å². The third kappa shape index (κ3) is 3.82. The number of para-hydroxylation sites is 1. The first-order chi connectivity index (χ1) is 15.7. The molecule has 0 fully saturated rings. The number of nitrogens with zero attached hydrogens (tertiary/aromatic N) is 4. The summed E-state index contributed by atoms with van der Waals surface area (Å²) in [6.45, 7) is 3.93. The number of aromatic nitrogens is 4. The van der Waals surface area contributed by atoms with Crippen molar-refractivity contribution >= 4 is 40.0 Å². The topological polar surface area (TPSA) is 70.7 Å². The molecule has 32 heavy (non-hydrogen) atoms. The summed E-state index contributed by atoms with van der Waals surface area (Å²) in [7, 11) is 0. The van der Waals surface area contributed by atoms with Crippen LogP contribution in [0.5, 0.6) is 11.5 Å². The number of ether oxygens (including phenoxy) is 2. The van der Waals surface area contributed by atoms with Gasteiger partial charge in [0, 0.05) is 18.7 Å². The number of thioether (sulfide) groups is 1. The minimum absolute atomic E-state index is 0.0276. The summed E-state index contributed by atoms with van der Waals surface area (Å²) in [6.07, 6.45) is 2.72. The molecule has 0 saturated heterocycles. The Morgan fingerprint density at radius 3 is 2.88 bits per heavy atom. The molecule has 1 aliphatic heterocycles. The maximum atomic E-state index is 13.1. The zero-order valence-corrected chi connectivity index (χ0v) is 19.3. The van der Waals surface area contributed by atoms with Gasteiger partial charge in [-0.1, -0.05) is 48.8 Å². The van der Waals surface area contributed by atoms with Crippen LogP contribution in [-0.2, 0) is 12.3 Å². The first kappa shape index (κ1) is 21.2. The van der Waals surface area contributed by atoms with Gasteiger partial charge < -0.3 is 9.47 Å². The quantitative estimate of drug-likeness (QED) is 0.371. The Morgan fingerprint density at radius 2 is 2.00 bits per heavy atom. The van der Waals surface area contributed by atoms with Gasteiger partial charge in [-0.05, 0) is 36.2 Å². The van der Waals surface area contributed by atoms with Gasteiger partial charge in [0.15, 0.2) is 16.7 Å². The van der Waals surface area contributed by atoms with Gasteiger partial charge in [-0.3, -0.25) is 13.8 Å². The highest BCUT2D eigenvalue weighted by atomic mass is 35.5. The summed E-state index contributed by atoms with van der Waals surface area (Å²) in [5, 5.41) is 10.7. The van der Waals surface area contributed by atoms with Crippen LogP contribution in [0.1, 0.15) is 31.7 Å². The molecule has 2 aromatic heterocycles. The highest BCUT2D eigenvalue weighted by Crippen LogP contribution is 2.39. The fraction of sp³-hybridized carbons (Fsp3) is 0.348. The van der Waals surface area contributed by atoms with Crippen LogP contribution in [0.15, 0.2) is 46.3 Å². The van der Waals surface area contributed by atoms with E-state index in [0.29, 0.717) is 53.2 Å². The monoisotopic (exact) mass is 470 g/mol. The van der Waals surface area contributed by atoms with Crippen molar-refractivity contribution in [1.82, 2.24) is 19.2 Å². The van der Waals surface area contributed by atoms with Crippen molar-refractivity contribution < 1.29 is 9.47 Å². The smallest absolute Gasteiger partial charge is 0.262 e. The lowest BCUT2D eigenvalue weighted by Gasteiger charge is -2.12. The van der Waals surface area contributed by atoms with Crippen molar-refractivity contribution in [2.75, 3.05) is 13.2 Å². The number of unbranched alkanes of at least 4 members (excludes halogenated alkanes) is 1. The number of benzene rings is 2. The second kappa shape index (κ2) is 9.03. The average molecular weight is 471 g/mol. The summed E-state index contributed by atoms with van der Waals surface area (Å²) in [5.74, 6) is 2.48. The highest BCUT2D eigenvalue weighted by molar-refractivity contribution is 7.98. The summed E-state index contributed by atoms with van der Waals surface area (Å²) in [6, 6.07) is 11.5. The molecule has 7 nitrogen and oxygen atoms in total. The first-order valence-corrected chi connectivity index (χ1v) is 12.1. The van der Waals surface area contributed by atoms with E-state index in [1.807, 2.05) is 40.8 Å². The van der Waals surface area contributed by atoms with Crippen LogP contribution in [0, 0.1) is 0 Å². The molecule has 0 atom stereocenters. The molecule has 166 valence electrons. The standard InChI is InChI=1S/C23H23ClN4O3S/c1-2-3-9-27-21(29)16-7-4-5-8-18(16)28-22(27)25-26-23(28)32-14-15-12-17(24)20-19(13-15)30-10-6-11-31-20/h4-5,7-8,12-13H,2-3,6,9-11,14H2,1H3. The van der Waals surface area contributed by atoms with E-state index in [1.165, 1.54) is 0 Å². The van der Waals surface area contributed by atoms with Crippen molar-refractivity contribution in [3.63, 3.8) is 0 Å². The van der Waals surface area contributed by atoms with E-state index in [-0.39, 0.29) is 5.56 Å². The maximum Gasteiger partial charge on any atom is 0.262 e. The molecule has 0 spiro atoms. The van der Waals surface area contributed by atoms with Gasteiger partial charge in [0.05, 0.1) is 29.1 Å². The van der Waals surface area contributed by atoms with Crippen molar-refractivity contribution in [2.24, 2.45) is 0 Å². The van der Waals surface area contributed by atoms with Crippen molar-refractivity contribution in [1.29, 1.82) is 0 Å². The van der Waals surface area contributed by atoms with Crippen LogP contribution in [0.4, 0.5) is 0 Å². The Morgan fingerprint density at radius 1 is 1.16 bits per heavy atom. The molecule has 0 saturated carbocycles. The summed E-state index contributed by atoms with van der Waals surface area (Å²) in [4.78, 5) is 13.1. The van der Waals surface area contributed by atoms with Crippen LogP contribution in [0.2, 0.25) is 5.02 Å². The molecule has 4 aromatic rings. The van der Waals surface area contributed by atoms with E-state index in [1.54, 1.807) is 16.3 Å². The normalized spacial score (nSPS) is 13.6. The van der Waals surface area contributed by atoms with Crippen molar-refractivity contribution in [2.45, 2.75) is 43.6 Å². The number of hydrogen-bond acceptors (Lipinski definition) is 6. The van der Waals surface area contributed by atoms with Gasteiger partial charge >= 0.3 is 0 Å². The molecule has 2 aromatic carbocycles. The Hall–Kier alpha value is -2.71. The number of aryl methyl sites for hydroxylation is 1. The van der Waals surface area contributed by atoms with Crippen LogP contribution in [-0.4, -0.2) is 32.4 Å². The van der Waals surface area contributed by atoms with E-state index in [2.05, 4.69) is 17.1 Å². The highest BCUT2D eigenvalue weighted by Gasteiger charge is 2.19. The summed E-state index contributed by atoms with van der Waals surface area (Å²) >= 11 is 8.00. The predicted octanol–water partition coefficient (Wildman–Crippen LogP) is 4.95. The second-order valence-electron chi connectivity index (χ2n) is 7.69. The molecule has 0 radical (unpaired) electrons. The summed E-state index contributed by atoms with van der Waals surface area (Å²) < 4.78 is 15.2. The van der Waals surface area contributed by atoms with Crippen molar-refractivity contribution in [3.8, 4) is 11.5 Å². The number of rotatable bonds is 6. The van der Waals surface area contributed by atoms with E-state index in [4.69, 9.17) is 21.1 Å². The Labute approximate surface area is 194 Å². The van der Waals surface area contributed by atoms with E-state index < -0.39 is 0 Å². The van der Waals surface area contributed by atoms with Gasteiger partial charge in [0.1, 0.15) is 0 Å². The lowest BCUT2D eigenvalue weighted by atomic mass is 10.2. The summed E-state index contributed by atoms with van der Waals surface area (Å²) in [5.41, 5.74) is 1.79. The van der Waals surface area contributed by atoms with Crippen LogP contribution < -0.4 is 15.0 Å². The van der Waals surface area contributed by atoms with Gasteiger partial charge in [-0.15, -0.1) is 10.2 Å². The SMILES string of the molecule is CCCCn1c(=O)c2ccccc2n2c(SCc3cc(Cl)c4c(c3)OCCCO4)nnc12. The zero-order valence-electron chi connectivity index (χ0n) is 17.7. The van der Waals surface area contributed by atoms with Gasteiger partial charge in [-0.2, -0.15) is 0 Å². The Kier molecular flexibility index (Phi) is 5.97. The number of fused-ring (bicyclic) bond motifs is 4. The molecular formula is C23H23ClN4O3S. The van der Waals surface area contributed by atoms with Gasteiger partial charge in [0.25, 0.3) is 5.56 Å². The molecule has 0 amide bonds. The number of halogens is 1. The lowest BCUT2D eigenvalue weighted by molar-refractivity contribution is 0.297. The molecule has 0 aliphatic carbocycles. The third-order valence-corrected chi connectivity index (χ3v) is 6.72. The molecule has 9 heteroatoms. The first-order valence-electron chi connectivity index (χ1n) is 10.7.